The molecule has 3 rings (SSSR count). The number of nitrogens with one attached hydrogen (secondary N) is 2. The Morgan fingerprint density at radius 3 is 2.75 bits per heavy atom. The number of anilines is 2. The maximum absolute atomic E-state index is 13.6. The first-order chi connectivity index (χ1) is 11.4. The first-order valence-corrected chi connectivity index (χ1v) is 7.68. The molecule has 0 saturated carbocycles. The van der Waals surface area contributed by atoms with Crippen molar-refractivity contribution in [2.75, 3.05) is 10.6 Å². The normalized spacial score (nSPS) is 10.4. The van der Waals surface area contributed by atoms with Crippen LogP contribution in [-0.2, 0) is 0 Å². The van der Waals surface area contributed by atoms with E-state index in [4.69, 9.17) is 16.9 Å². The highest BCUT2D eigenvalue weighted by molar-refractivity contribution is 7.22. The Balaban J connectivity index is 1.79. The van der Waals surface area contributed by atoms with Crippen molar-refractivity contribution in [2.24, 2.45) is 0 Å². The zero-order valence-corrected chi connectivity index (χ0v) is 13.3. The van der Waals surface area contributed by atoms with Gasteiger partial charge in [-0.2, -0.15) is 5.26 Å². The molecule has 0 atom stereocenters. The summed E-state index contributed by atoms with van der Waals surface area (Å²) in [6.45, 7) is 0. The van der Waals surface area contributed by atoms with Crippen molar-refractivity contribution < 1.29 is 13.6 Å². The van der Waals surface area contributed by atoms with Crippen LogP contribution in [0.2, 0.25) is 5.02 Å². The van der Waals surface area contributed by atoms with E-state index in [9.17, 15) is 13.6 Å². The molecule has 0 spiro atoms. The van der Waals surface area contributed by atoms with E-state index in [1.165, 1.54) is 18.2 Å². The largest absolute Gasteiger partial charge is 0.325 e. The third-order valence-corrected chi connectivity index (χ3v) is 4.05. The molecule has 0 aliphatic heterocycles. The van der Waals surface area contributed by atoms with E-state index in [1.54, 1.807) is 0 Å². The molecule has 0 saturated heterocycles. The van der Waals surface area contributed by atoms with Crippen molar-refractivity contribution in [3.8, 4) is 6.07 Å². The van der Waals surface area contributed by atoms with Crippen LogP contribution >= 0.6 is 22.9 Å². The first kappa shape index (κ1) is 16.1. The van der Waals surface area contributed by atoms with Gasteiger partial charge in [-0.3, -0.25) is 5.32 Å². The van der Waals surface area contributed by atoms with Crippen molar-refractivity contribution >= 4 is 50.0 Å². The average Bonchev–Trinajstić information content (AvgIpc) is 2.88. The molecule has 24 heavy (non-hydrogen) atoms. The van der Waals surface area contributed by atoms with Crippen LogP contribution in [0.15, 0.2) is 30.3 Å². The molecule has 0 unspecified atom stereocenters. The van der Waals surface area contributed by atoms with E-state index in [0.717, 1.165) is 23.5 Å². The summed E-state index contributed by atoms with van der Waals surface area (Å²) in [6.07, 6.45) is 0. The maximum atomic E-state index is 13.6. The number of aromatic nitrogens is 1. The van der Waals surface area contributed by atoms with Crippen molar-refractivity contribution in [1.82, 2.24) is 4.98 Å². The highest BCUT2D eigenvalue weighted by Crippen LogP contribution is 2.29. The molecular formula is C15H7ClF2N4OS. The van der Waals surface area contributed by atoms with Gasteiger partial charge in [-0.1, -0.05) is 22.9 Å². The molecule has 0 aliphatic rings. The second kappa shape index (κ2) is 6.39. The summed E-state index contributed by atoms with van der Waals surface area (Å²) in [5.74, 6) is -1.52. The Hall–Kier alpha value is -2.76. The number of urea groups is 1. The Kier molecular flexibility index (Phi) is 4.29. The van der Waals surface area contributed by atoms with Gasteiger partial charge in [0.15, 0.2) is 10.9 Å². The van der Waals surface area contributed by atoms with E-state index in [0.29, 0.717) is 10.7 Å². The highest BCUT2D eigenvalue weighted by atomic mass is 35.5. The van der Waals surface area contributed by atoms with Crippen LogP contribution in [0.3, 0.4) is 0 Å². The summed E-state index contributed by atoms with van der Waals surface area (Å²) >= 11 is 6.78. The topological polar surface area (TPSA) is 77.8 Å². The molecule has 1 aromatic heterocycles. The summed E-state index contributed by atoms with van der Waals surface area (Å²) in [7, 11) is 0. The first-order valence-electron chi connectivity index (χ1n) is 6.49. The average molecular weight is 365 g/mol. The van der Waals surface area contributed by atoms with Crippen molar-refractivity contribution in [1.29, 1.82) is 5.26 Å². The monoisotopic (exact) mass is 364 g/mol. The summed E-state index contributed by atoms with van der Waals surface area (Å²) in [4.78, 5) is 15.9. The SMILES string of the molecule is N#Cc1cc(Cl)cc(NC(=O)Nc2nc3c(F)cc(F)cc3s2)c1. The van der Waals surface area contributed by atoms with Gasteiger partial charge in [-0.05, 0) is 24.3 Å². The lowest BCUT2D eigenvalue weighted by Crippen LogP contribution is -2.19. The van der Waals surface area contributed by atoms with E-state index in [1.807, 2.05) is 6.07 Å². The minimum absolute atomic E-state index is 0.0220. The minimum Gasteiger partial charge on any atom is -0.308 e. The third kappa shape index (κ3) is 3.42. The molecule has 0 radical (unpaired) electrons. The molecule has 2 amide bonds. The van der Waals surface area contributed by atoms with E-state index >= 15 is 0 Å². The molecule has 0 fully saturated rings. The number of hydrogen-bond donors (Lipinski definition) is 2. The Labute approximate surface area is 143 Å². The lowest BCUT2D eigenvalue weighted by atomic mass is 10.2. The van der Waals surface area contributed by atoms with Gasteiger partial charge >= 0.3 is 6.03 Å². The van der Waals surface area contributed by atoms with Gasteiger partial charge < -0.3 is 5.32 Å². The molecule has 120 valence electrons. The number of carbonyl (C=O) groups is 1. The van der Waals surface area contributed by atoms with E-state index in [-0.39, 0.29) is 20.9 Å². The molecule has 3 aromatic rings. The highest BCUT2D eigenvalue weighted by Gasteiger charge is 2.13. The number of amides is 2. The van der Waals surface area contributed by atoms with Gasteiger partial charge in [0, 0.05) is 16.8 Å². The van der Waals surface area contributed by atoms with E-state index < -0.39 is 17.7 Å². The standard InChI is InChI=1S/C15H7ClF2N4OS/c16-8-1-7(6-19)2-10(3-8)20-14(23)22-15-21-13-11(18)4-9(17)5-12(13)24-15/h1-5H,(H2,20,21,22,23). The number of nitriles is 1. The molecule has 0 bridgehead atoms. The van der Waals surface area contributed by atoms with Gasteiger partial charge in [-0.25, -0.2) is 18.6 Å². The lowest BCUT2D eigenvalue weighted by molar-refractivity contribution is 0.262. The fourth-order valence-electron chi connectivity index (χ4n) is 2.00. The van der Waals surface area contributed by atoms with Crippen LogP contribution in [-0.4, -0.2) is 11.0 Å². The summed E-state index contributed by atoms with van der Waals surface area (Å²) in [6, 6.07) is 7.49. The van der Waals surface area contributed by atoms with Gasteiger partial charge in [0.25, 0.3) is 0 Å². The maximum Gasteiger partial charge on any atom is 0.325 e. The van der Waals surface area contributed by atoms with Gasteiger partial charge in [0.2, 0.25) is 0 Å². The van der Waals surface area contributed by atoms with Gasteiger partial charge in [-0.15, -0.1) is 0 Å². The molecule has 9 heteroatoms. The third-order valence-electron chi connectivity index (χ3n) is 2.92. The predicted octanol–water partition coefficient (Wildman–Crippen LogP) is 4.74. The van der Waals surface area contributed by atoms with Crippen molar-refractivity contribution in [2.45, 2.75) is 0 Å². The fourth-order valence-corrected chi connectivity index (χ4v) is 3.13. The number of thiazole rings is 1. The Bertz CT molecular complexity index is 999. The zero-order valence-electron chi connectivity index (χ0n) is 11.7. The second-order valence-electron chi connectivity index (χ2n) is 4.67. The van der Waals surface area contributed by atoms with E-state index in [2.05, 4.69) is 15.6 Å². The Morgan fingerprint density at radius 1 is 1.21 bits per heavy atom. The van der Waals surface area contributed by atoms with Crippen LogP contribution in [0.5, 0.6) is 0 Å². The number of hydrogen-bond acceptors (Lipinski definition) is 4. The quantitative estimate of drug-likeness (QED) is 0.689. The Morgan fingerprint density at radius 2 is 2.00 bits per heavy atom. The zero-order chi connectivity index (χ0) is 17.3. The van der Waals surface area contributed by atoms with Crippen molar-refractivity contribution in [3.05, 3.63) is 52.6 Å². The summed E-state index contributed by atoms with van der Waals surface area (Å²) in [5.41, 5.74) is 0.580. The van der Waals surface area contributed by atoms with Crippen LogP contribution in [0.1, 0.15) is 5.56 Å². The second-order valence-corrected chi connectivity index (χ2v) is 6.14. The fraction of sp³-hybridized carbons (Fsp3) is 0. The number of halogens is 3. The molecule has 0 aliphatic carbocycles. The number of fused-ring (bicyclic) bond motifs is 1. The van der Waals surface area contributed by atoms with Crippen LogP contribution in [0, 0.1) is 23.0 Å². The molecular weight excluding hydrogens is 358 g/mol. The van der Waals surface area contributed by atoms with Crippen LogP contribution in [0.4, 0.5) is 24.4 Å². The van der Waals surface area contributed by atoms with Gasteiger partial charge in [0.05, 0.1) is 16.3 Å². The van der Waals surface area contributed by atoms with Gasteiger partial charge in [0.1, 0.15) is 11.3 Å². The minimum atomic E-state index is -0.803. The number of benzene rings is 2. The molecule has 1 heterocycles. The van der Waals surface area contributed by atoms with Crippen LogP contribution in [0.25, 0.3) is 10.2 Å². The number of nitrogens with zero attached hydrogens (tertiary/aromatic N) is 2. The smallest absolute Gasteiger partial charge is 0.308 e. The number of rotatable bonds is 2. The molecule has 5 nitrogen and oxygen atoms in total. The molecule has 2 aromatic carbocycles. The number of carbonyl (C=O) groups excluding carboxylic acids is 1. The lowest BCUT2D eigenvalue weighted by Gasteiger charge is -2.06. The summed E-state index contributed by atoms with van der Waals surface area (Å²) < 4.78 is 27.0. The van der Waals surface area contributed by atoms with Crippen LogP contribution < -0.4 is 10.6 Å². The molecule has 2 N–H and O–H groups in total. The van der Waals surface area contributed by atoms with Crippen molar-refractivity contribution in [3.63, 3.8) is 0 Å². The summed E-state index contributed by atoms with van der Waals surface area (Å²) in [5, 5.41) is 14.2. The predicted molar refractivity (Wildman–Crippen MR) is 88.3 cm³/mol.